The molecule has 4 aromatic rings. The average molecular weight is 412 g/mol. The lowest BCUT2D eigenvalue weighted by Crippen LogP contribution is -2.42. The summed E-state index contributed by atoms with van der Waals surface area (Å²) < 4.78 is 1.26. The maximum Gasteiger partial charge on any atom is 0.290 e. The van der Waals surface area contributed by atoms with Crippen LogP contribution in [0.25, 0.3) is 10.8 Å². The van der Waals surface area contributed by atoms with E-state index in [1.165, 1.54) is 4.68 Å². The summed E-state index contributed by atoms with van der Waals surface area (Å²) in [5.74, 6) is -1.06. The van der Waals surface area contributed by atoms with E-state index in [1.54, 1.807) is 36.4 Å². The van der Waals surface area contributed by atoms with Crippen LogP contribution < -0.4 is 16.4 Å². The molecule has 2 N–H and O–H groups in total. The summed E-state index contributed by atoms with van der Waals surface area (Å²) in [7, 11) is 0. The molecule has 154 valence electrons. The van der Waals surface area contributed by atoms with E-state index in [0.29, 0.717) is 16.3 Å². The van der Waals surface area contributed by atoms with E-state index >= 15 is 0 Å². The maximum atomic E-state index is 12.9. The van der Waals surface area contributed by atoms with Crippen LogP contribution in [0.4, 0.5) is 0 Å². The predicted octanol–water partition coefficient (Wildman–Crippen LogP) is 2.83. The van der Waals surface area contributed by atoms with Crippen molar-refractivity contribution >= 4 is 22.6 Å². The van der Waals surface area contributed by atoms with Gasteiger partial charge in [-0.1, -0.05) is 66.2 Å². The number of hydrazine groups is 1. The molecule has 0 aliphatic heterocycles. The van der Waals surface area contributed by atoms with Gasteiger partial charge in [-0.05, 0) is 30.7 Å². The van der Waals surface area contributed by atoms with Crippen molar-refractivity contribution in [2.75, 3.05) is 0 Å². The largest absolute Gasteiger partial charge is 0.290 e. The van der Waals surface area contributed by atoms with E-state index in [-0.39, 0.29) is 17.8 Å². The van der Waals surface area contributed by atoms with Crippen LogP contribution in [-0.4, -0.2) is 21.6 Å². The van der Waals surface area contributed by atoms with Crippen molar-refractivity contribution in [3.8, 4) is 0 Å². The topological polar surface area (TPSA) is 93.1 Å². The Morgan fingerprint density at radius 3 is 2.13 bits per heavy atom. The van der Waals surface area contributed by atoms with Crippen molar-refractivity contribution in [3.63, 3.8) is 0 Å². The van der Waals surface area contributed by atoms with E-state index in [4.69, 9.17) is 0 Å². The minimum Gasteiger partial charge on any atom is -0.267 e. The van der Waals surface area contributed by atoms with Crippen molar-refractivity contribution in [2.45, 2.75) is 13.5 Å². The number of hydrogen-bond acceptors (Lipinski definition) is 4. The maximum absolute atomic E-state index is 12.9. The summed E-state index contributed by atoms with van der Waals surface area (Å²) >= 11 is 0. The highest BCUT2D eigenvalue weighted by molar-refractivity contribution is 6.06. The highest BCUT2D eigenvalue weighted by Crippen LogP contribution is 2.14. The van der Waals surface area contributed by atoms with E-state index in [0.717, 1.165) is 11.1 Å². The molecule has 0 radical (unpaired) electrons. The molecule has 7 nitrogen and oxygen atoms in total. The number of hydrogen-bond donors (Lipinski definition) is 2. The molecule has 0 spiro atoms. The van der Waals surface area contributed by atoms with Gasteiger partial charge in [-0.2, -0.15) is 5.10 Å². The van der Waals surface area contributed by atoms with Gasteiger partial charge < -0.3 is 0 Å². The molecule has 4 rings (SSSR count). The molecule has 7 heteroatoms. The highest BCUT2D eigenvalue weighted by Gasteiger charge is 2.17. The number of rotatable bonds is 4. The molecule has 0 bridgehead atoms. The fraction of sp³-hybridized carbons (Fsp3) is 0.0833. The molecule has 1 aromatic heterocycles. The zero-order chi connectivity index (χ0) is 21.8. The van der Waals surface area contributed by atoms with Gasteiger partial charge in [0.1, 0.15) is 0 Å². The SMILES string of the molecule is Cc1ccc(C(=O)NNC(=O)c2nn(Cc3ccccc3)c(=O)c3ccccc23)cc1. The number of aryl methyl sites for hydroxylation is 1. The third-order valence-corrected chi connectivity index (χ3v) is 4.86. The lowest BCUT2D eigenvalue weighted by atomic mass is 10.1. The van der Waals surface area contributed by atoms with Crippen LogP contribution in [0.1, 0.15) is 32.0 Å². The Morgan fingerprint density at radius 2 is 1.42 bits per heavy atom. The fourth-order valence-corrected chi connectivity index (χ4v) is 3.22. The van der Waals surface area contributed by atoms with E-state index in [9.17, 15) is 14.4 Å². The normalized spacial score (nSPS) is 10.6. The second-order valence-electron chi connectivity index (χ2n) is 7.12. The molecule has 0 fully saturated rings. The van der Waals surface area contributed by atoms with Crippen LogP contribution in [0.2, 0.25) is 0 Å². The zero-order valence-corrected chi connectivity index (χ0v) is 16.8. The summed E-state index contributed by atoms with van der Waals surface area (Å²) in [6.07, 6.45) is 0. The van der Waals surface area contributed by atoms with Gasteiger partial charge in [0.05, 0.1) is 11.9 Å². The fourth-order valence-electron chi connectivity index (χ4n) is 3.22. The third kappa shape index (κ3) is 4.35. The summed E-state index contributed by atoms with van der Waals surface area (Å²) in [5, 5.41) is 5.09. The van der Waals surface area contributed by atoms with Gasteiger partial charge >= 0.3 is 0 Å². The molecule has 1 heterocycles. The van der Waals surface area contributed by atoms with Gasteiger partial charge in [0.2, 0.25) is 0 Å². The number of fused-ring (bicyclic) bond motifs is 1. The number of amides is 2. The van der Waals surface area contributed by atoms with Crippen molar-refractivity contribution in [3.05, 3.63) is 112 Å². The summed E-state index contributed by atoms with van der Waals surface area (Å²) in [6.45, 7) is 2.14. The van der Waals surface area contributed by atoms with Gasteiger partial charge in [-0.15, -0.1) is 0 Å². The van der Waals surface area contributed by atoms with E-state index in [2.05, 4.69) is 16.0 Å². The Hall–Kier alpha value is -4.26. The summed E-state index contributed by atoms with van der Waals surface area (Å²) in [6, 6.07) is 23.1. The van der Waals surface area contributed by atoms with Gasteiger partial charge in [0.25, 0.3) is 17.4 Å². The Labute approximate surface area is 178 Å². The Bertz CT molecular complexity index is 1310. The van der Waals surface area contributed by atoms with Crippen LogP contribution in [-0.2, 0) is 6.54 Å². The zero-order valence-electron chi connectivity index (χ0n) is 16.8. The minimum atomic E-state index is -0.613. The van der Waals surface area contributed by atoms with Crippen molar-refractivity contribution in [2.24, 2.45) is 0 Å². The van der Waals surface area contributed by atoms with Crippen LogP contribution in [0.5, 0.6) is 0 Å². The molecule has 2 amide bonds. The first-order valence-electron chi connectivity index (χ1n) is 9.74. The Kier molecular flexibility index (Phi) is 5.57. The molecule has 0 aliphatic rings. The lowest BCUT2D eigenvalue weighted by molar-refractivity contribution is 0.0843. The van der Waals surface area contributed by atoms with Gasteiger partial charge in [-0.3, -0.25) is 25.2 Å². The third-order valence-electron chi connectivity index (χ3n) is 4.86. The standard InChI is InChI=1S/C24H20N4O3/c1-16-11-13-18(14-12-16)22(29)25-26-23(30)21-19-9-5-6-10-20(19)24(31)28(27-21)15-17-7-3-2-4-8-17/h2-14H,15H2,1H3,(H,25,29)(H,26,30). The Balaban J connectivity index is 1.63. The Morgan fingerprint density at radius 1 is 0.806 bits per heavy atom. The second-order valence-corrected chi connectivity index (χ2v) is 7.12. The summed E-state index contributed by atoms with van der Waals surface area (Å²) in [5.41, 5.74) is 6.88. The van der Waals surface area contributed by atoms with Gasteiger partial charge in [0, 0.05) is 10.9 Å². The molecule has 0 aliphatic carbocycles. The predicted molar refractivity (Wildman–Crippen MR) is 118 cm³/mol. The second kappa shape index (κ2) is 8.62. The quantitative estimate of drug-likeness (QED) is 0.504. The first kappa shape index (κ1) is 20.0. The molecule has 31 heavy (non-hydrogen) atoms. The average Bonchev–Trinajstić information content (AvgIpc) is 2.80. The number of nitrogens with one attached hydrogen (secondary N) is 2. The van der Waals surface area contributed by atoms with Gasteiger partial charge in [0.15, 0.2) is 5.69 Å². The molecule has 0 unspecified atom stereocenters. The number of carbonyl (C=O) groups is 2. The van der Waals surface area contributed by atoms with Gasteiger partial charge in [-0.25, -0.2) is 4.68 Å². The monoisotopic (exact) mass is 412 g/mol. The first-order chi connectivity index (χ1) is 15.0. The number of benzene rings is 3. The highest BCUT2D eigenvalue weighted by atomic mass is 16.2. The lowest BCUT2D eigenvalue weighted by Gasteiger charge is -2.12. The van der Waals surface area contributed by atoms with Crippen molar-refractivity contribution < 1.29 is 9.59 Å². The van der Waals surface area contributed by atoms with E-state index in [1.807, 2.05) is 49.4 Å². The smallest absolute Gasteiger partial charge is 0.267 e. The van der Waals surface area contributed by atoms with E-state index < -0.39 is 11.8 Å². The van der Waals surface area contributed by atoms with Crippen LogP contribution >= 0.6 is 0 Å². The minimum absolute atomic E-state index is 0.0512. The van der Waals surface area contributed by atoms with Crippen molar-refractivity contribution in [1.29, 1.82) is 0 Å². The molecule has 3 aromatic carbocycles. The molecule has 0 saturated carbocycles. The number of nitrogens with zero attached hydrogens (tertiary/aromatic N) is 2. The van der Waals surface area contributed by atoms with Crippen LogP contribution in [0.3, 0.4) is 0 Å². The molecule has 0 atom stereocenters. The summed E-state index contributed by atoms with van der Waals surface area (Å²) in [4.78, 5) is 38.1. The first-order valence-corrected chi connectivity index (χ1v) is 9.74. The molecular formula is C24H20N4O3. The van der Waals surface area contributed by atoms with Crippen molar-refractivity contribution in [1.82, 2.24) is 20.6 Å². The number of carbonyl (C=O) groups excluding carboxylic acids is 2. The van der Waals surface area contributed by atoms with Crippen LogP contribution in [0, 0.1) is 6.92 Å². The molecule has 0 saturated heterocycles. The number of aromatic nitrogens is 2. The molecular weight excluding hydrogens is 392 g/mol. The van der Waals surface area contributed by atoms with Crippen LogP contribution in [0.15, 0.2) is 83.7 Å².